The van der Waals surface area contributed by atoms with Gasteiger partial charge in [0.25, 0.3) is 9.40 Å². The number of benzene rings is 2. The normalized spacial score (nSPS) is 11.2. The van der Waals surface area contributed by atoms with Gasteiger partial charge in [0.05, 0.1) is 0 Å². The summed E-state index contributed by atoms with van der Waals surface area (Å²) >= 11 is 1.83. The van der Waals surface area contributed by atoms with Crippen molar-refractivity contribution in [3.05, 3.63) is 47.5 Å². The molecule has 84 valence electrons. The first-order valence-electron chi connectivity index (χ1n) is 5.90. The third-order valence-electron chi connectivity index (χ3n) is 3.11. The molecule has 0 aliphatic carbocycles. The largest absolute Gasteiger partial charge is 0.257 e. The molecule has 2 heteroatoms. The number of aryl methyl sites for hydroxylation is 2. The van der Waals surface area contributed by atoms with Crippen molar-refractivity contribution in [2.45, 2.75) is 20.3 Å². The number of fused-ring (bicyclic) bond motifs is 2. The van der Waals surface area contributed by atoms with E-state index in [2.05, 4.69) is 50.2 Å². The van der Waals surface area contributed by atoms with E-state index in [4.69, 9.17) is 4.98 Å². The summed E-state index contributed by atoms with van der Waals surface area (Å²) in [5, 5.41) is 0. The van der Waals surface area contributed by atoms with Crippen LogP contribution in [0.4, 0.5) is 0 Å². The zero-order valence-corrected chi connectivity index (χ0v) is 10.8. The van der Waals surface area contributed by atoms with Crippen LogP contribution in [0.5, 0.6) is 0 Å². The summed E-state index contributed by atoms with van der Waals surface area (Å²) in [6, 6.07) is 12.8. The van der Waals surface area contributed by atoms with E-state index in [0.717, 1.165) is 11.9 Å². The number of rotatable bonds is 1. The highest BCUT2D eigenvalue weighted by Crippen LogP contribution is 2.29. The van der Waals surface area contributed by atoms with E-state index in [1.54, 1.807) is 0 Å². The maximum absolute atomic E-state index is 4.86. The van der Waals surface area contributed by atoms with Crippen molar-refractivity contribution in [1.29, 1.82) is 0 Å². The molecule has 0 radical (unpaired) electrons. The number of nitrogens with zero attached hydrogens (tertiary/aromatic N) is 1. The molecule has 0 bridgehead atoms. The predicted octanol–water partition coefficient (Wildman–Crippen LogP) is 4.60. The quantitative estimate of drug-likeness (QED) is 0.447. The second-order valence-electron chi connectivity index (χ2n) is 4.25. The van der Waals surface area contributed by atoms with Gasteiger partial charge in [0.2, 0.25) is 11.3 Å². The molecule has 0 aliphatic heterocycles. The van der Waals surface area contributed by atoms with Crippen LogP contribution in [-0.4, -0.2) is 4.98 Å². The molecular formula is C15H14NS+. The lowest BCUT2D eigenvalue weighted by molar-refractivity contribution is 1.15. The Morgan fingerprint density at radius 1 is 1.00 bits per heavy atom. The van der Waals surface area contributed by atoms with Crippen LogP contribution >= 0.6 is 11.3 Å². The fourth-order valence-corrected chi connectivity index (χ4v) is 3.26. The van der Waals surface area contributed by atoms with Gasteiger partial charge in [0.15, 0.2) is 0 Å². The van der Waals surface area contributed by atoms with Crippen LogP contribution in [0.15, 0.2) is 36.4 Å². The molecular weight excluding hydrogens is 226 g/mol. The summed E-state index contributed by atoms with van der Waals surface area (Å²) in [7, 11) is 0. The van der Waals surface area contributed by atoms with Crippen LogP contribution in [0.3, 0.4) is 0 Å². The molecule has 2 aromatic carbocycles. The maximum Gasteiger partial charge on any atom is 0.257 e. The fraction of sp³-hybridized carbons (Fsp3) is 0.200. The van der Waals surface area contributed by atoms with Gasteiger partial charge >= 0.3 is 0 Å². The van der Waals surface area contributed by atoms with Gasteiger partial charge in [-0.25, -0.2) is 4.98 Å². The van der Waals surface area contributed by atoms with E-state index in [1.807, 2.05) is 11.3 Å². The Hall–Kier alpha value is -1.54. The Morgan fingerprint density at radius 3 is 2.47 bits per heavy atom. The minimum atomic E-state index is 1.04. The predicted molar refractivity (Wildman–Crippen MR) is 75.6 cm³/mol. The van der Waals surface area contributed by atoms with Gasteiger partial charge < -0.3 is 0 Å². The summed E-state index contributed by atoms with van der Waals surface area (Å²) in [5.41, 5.74) is 4.91. The molecule has 1 heterocycles. The van der Waals surface area contributed by atoms with Crippen LogP contribution in [0.2, 0.25) is 0 Å². The van der Waals surface area contributed by atoms with Crippen molar-refractivity contribution < 1.29 is 0 Å². The summed E-state index contributed by atoms with van der Waals surface area (Å²) in [6.07, 6.45) is 1.04. The van der Waals surface area contributed by atoms with Crippen LogP contribution in [0, 0.1) is 6.92 Å². The Kier molecular flexibility index (Phi) is 2.52. The fourth-order valence-electron chi connectivity index (χ4n) is 2.15. The monoisotopic (exact) mass is 240 g/mol. The van der Waals surface area contributed by atoms with E-state index in [9.17, 15) is 0 Å². The van der Waals surface area contributed by atoms with Gasteiger partial charge in [-0.15, -0.1) is 0 Å². The average Bonchev–Trinajstić information content (AvgIpc) is 2.36. The van der Waals surface area contributed by atoms with Gasteiger partial charge in [0.1, 0.15) is 11.0 Å². The van der Waals surface area contributed by atoms with Gasteiger partial charge in [0, 0.05) is 12.1 Å². The van der Waals surface area contributed by atoms with Crippen LogP contribution < -0.4 is 0 Å². The first kappa shape index (κ1) is 10.6. The lowest BCUT2D eigenvalue weighted by Gasteiger charge is -2.00. The molecule has 0 saturated carbocycles. The molecule has 0 fully saturated rings. The minimum absolute atomic E-state index is 1.04. The van der Waals surface area contributed by atoms with Gasteiger partial charge in [-0.1, -0.05) is 31.2 Å². The highest BCUT2D eigenvalue weighted by Gasteiger charge is 2.15. The summed E-state index contributed by atoms with van der Waals surface area (Å²) in [4.78, 5) is 4.86. The Bertz CT molecular complexity index is 704. The van der Waals surface area contributed by atoms with Crippen LogP contribution in [0.1, 0.15) is 18.1 Å². The lowest BCUT2D eigenvalue weighted by Crippen LogP contribution is -1.88. The molecule has 0 aliphatic rings. The Labute approximate surface area is 105 Å². The van der Waals surface area contributed by atoms with E-state index in [0.29, 0.717) is 0 Å². The van der Waals surface area contributed by atoms with E-state index in [1.165, 1.54) is 26.0 Å². The molecule has 1 nitrogen and oxygen atoms in total. The van der Waals surface area contributed by atoms with E-state index < -0.39 is 0 Å². The van der Waals surface area contributed by atoms with Gasteiger partial charge in [-0.2, -0.15) is 0 Å². The number of para-hydroxylation sites is 2. The lowest BCUT2D eigenvalue weighted by atomic mass is 10.1. The van der Waals surface area contributed by atoms with Crippen LogP contribution in [0.25, 0.3) is 20.4 Å². The van der Waals surface area contributed by atoms with Crippen molar-refractivity contribution in [3.8, 4) is 0 Å². The highest BCUT2D eigenvalue weighted by atomic mass is 32.1. The molecule has 0 atom stereocenters. The zero-order chi connectivity index (χ0) is 11.8. The SMILES string of the molecule is CCc1cccc2[s+]c3cccc(C)c3nc12. The molecule has 0 N–H and O–H groups in total. The van der Waals surface area contributed by atoms with Crippen LogP contribution in [-0.2, 0) is 6.42 Å². The van der Waals surface area contributed by atoms with Crippen molar-refractivity contribution in [3.63, 3.8) is 0 Å². The van der Waals surface area contributed by atoms with Gasteiger partial charge in [-0.3, -0.25) is 0 Å². The third kappa shape index (κ3) is 1.69. The minimum Gasteiger partial charge on any atom is -0.237 e. The summed E-state index contributed by atoms with van der Waals surface area (Å²) < 4.78 is 2.55. The Morgan fingerprint density at radius 2 is 1.71 bits per heavy atom. The standard InChI is InChI=1S/C15H14NS/c1-3-11-7-5-9-13-15(11)16-14-10(2)6-4-8-12(14)17-13/h4-9H,3H2,1-2H3/q+1. The number of hydrogen-bond acceptors (Lipinski definition) is 1. The smallest absolute Gasteiger partial charge is 0.237 e. The van der Waals surface area contributed by atoms with Crippen molar-refractivity contribution in [1.82, 2.24) is 4.98 Å². The zero-order valence-electron chi connectivity index (χ0n) is 10.0. The maximum atomic E-state index is 4.86. The molecule has 0 unspecified atom stereocenters. The van der Waals surface area contributed by atoms with Crippen molar-refractivity contribution >= 4 is 31.8 Å². The van der Waals surface area contributed by atoms with E-state index >= 15 is 0 Å². The molecule has 0 saturated heterocycles. The molecule has 0 amide bonds. The molecule has 3 aromatic rings. The molecule has 17 heavy (non-hydrogen) atoms. The summed E-state index contributed by atoms with van der Waals surface area (Å²) in [5.74, 6) is 0. The highest BCUT2D eigenvalue weighted by molar-refractivity contribution is 7.24. The van der Waals surface area contributed by atoms with Gasteiger partial charge in [-0.05, 0) is 24.5 Å². The number of hydrogen-bond donors (Lipinski definition) is 0. The topological polar surface area (TPSA) is 12.9 Å². The number of aromatic nitrogens is 1. The molecule has 0 spiro atoms. The molecule has 3 rings (SSSR count). The molecule has 1 aromatic heterocycles. The first-order chi connectivity index (χ1) is 8.29. The Balaban J connectivity index is 2.49. The first-order valence-corrected chi connectivity index (χ1v) is 6.72. The average molecular weight is 240 g/mol. The van der Waals surface area contributed by atoms with Crippen molar-refractivity contribution in [2.75, 3.05) is 0 Å². The third-order valence-corrected chi connectivity index (χ3v) is 4.21. The van der Waals surface area contributed by atoms with Crippen molar-refractivity contribution in [2.24, 2.45) is 0 Å². The summed E-state index contributed by atoms with van der Waals surface area (Å²) in [6.45, 7) is 4.31. The van der Waals surface area contributed by atoms with E-state index in [-0.39, 0.29) is 0 Å². The second-order valence-corrected chi connectivity index (χ2v) is 5.34. The second kappa shape index (κ2) is 4.04.